The van der Waals surface area contributed by atoms with Crippen LogP contribution in [0.2, 0.25) is 0 Å². The third kappa shape index (κ3) is 2.11. The molecule has 0 bridgehead atoms. The summed E-state index contributed by atoms with van der Waals surface area (Å²) >= 11 is 0. The Bertz CT molecular complexity index is 849. The molecule has 0 aliphatic carbocycles. The first kappa shape index (κ1) is 12.9. The first-order valence-corrected chi connectivity index (χ1v) is 7.20. The van der Waals surface area contributed by atoms with Crippen LogP contribution in [0, 0.1) is 5.92 Å². The lowest BCUT2D eigenvalue weighted by Crippen LogP contribution is -2.34. The molecule has 112 valence electrons. The van der Waals surface area contributed by atoms with E-state index in [1.165, 1.54) is 0 Å². The second kappa shape index (κ2) is 4.87. The van der Waals surface area contributed by atoms with E-state index >= 15 is 0 Å². The van der Waals surface area contributed by atoms with Crippen molar-refractivity contribution in [3.63, 3.8) is 0 Å². The van der Waals surface area contributed by atoms with Gasteiger partial charge in [0, 0.05) is 31.6 Å². The van der Waals surface area contributed by atoms with Crippen LogP contribution in [0.3, 0.4) is 0 Å². The average molecular weight is 296 g/mol. The zero-order chi connectivity index (χ0) is 15.1. The third-order valence-corrected chi connectivity index (χ3v) is 4.07. The van der Waals surface area contributed by atoms with Crippen molar-refractivity contribution in [1.29, 1.82) is 0 Å². The highest BCUT2D eigenvalue weighted by Crippen LogP contribution is 2.24. The average Bonchev–Trinajstić information content (AvgIpc) is 3.13. The maximum absolute atomic E-state index is 12.5. The van der Waals surface area contributed by atoms with Crippen molar-refractivity contribution in [2.45, 2.75) is 6.42 Å². The molecule has 22 heavy (non-hydrogen) atoms. The van der Waals surface area contributed by atoms with E-state index in [0.29, 0.717) is 18.8 Å². The summed E-state index contributed by atoms with van der Waals surface area (Å²) in [5.41, 5.74) is 2.84. The van der Waals surface area contributed by atoms with Crippen LogP contribution in [0.4, 0.5) is 11.5 Å². The van der Waals surface area contributed by atoms with Crippen LogP contribution in [0.1, 0.15) is 5.69 Å². The summed E-state index contributed by atoms with van der Waals surface area (Å²) in [6.07, 6.45) is 4.30. The fraction of sp³-hybridized carbons (Fsp3) is 0.267. The highest BCUT2D eigenvalue weighted by atomic mass is 16.2. The standard InChI is InChI=1S/C15H16N6O/c1-21-12-6-10(7-17-11(12)8-18-21)15(22)20-13-3-2-9-4-5-16-14(9)19-13/h2-5,8,10,17H,6-7H2,1H3,(H2,16,19,20,22). The van der Waals surface area contributed by atoms with E-state index in [1.54, 1.807) is 6.20 Å². The number of hydrogen-bond donors (Lipinski definition) is 3. The summed E-state index contributed by atoms with van der Waals surface area (Å²) in [7, 11) is 1.89. The van der Waals surface area contributed by atoms with Crippen molar-refractivity contribution in [2.24, 2.45) is 13.0 Å². The summed E-state index contributed by atoms with van der Waals surface area (Å²) in [5.74, 6) is 0.401. The van der Waals surface area contributed by atoms with E-state index in [1.807, 2.05) is 36.1 Å². The number of aryl methyl sites for hydroxylation is 1. The highest BCUT2D eigenvalue weighted by molar-refractivity contribution is 5.93. The highest BCUT2D eigenvalue weighted by Gasteiger charge is 2.27. The number of pyridine rings is 1. The molecule has 0 radical (unpaired) electrons. The smallest absolute Gasteiger partial charge is 0.230 e. The van der Waals surface area contributed by atoms with Crippen molar-refractivity contribution in [3.8, 4) is 0 Å². The number of nitrogens with zero attached hydrogens (tertiary/aromatic N) is 3. The fourth-order valence-electron chi connectivity index (χ4n) is 2.81. The second-order valence-corrected chi connectivity index (χ2v) is 5.51. The predicted octanol–water partition coefficient (Wildman–Crippen LogP) is 1.52. The predicted molar refractivity (Wildman–Crippen MR) is 83.6 cm³/mol. The maximum Gasteiger partial charge on any atom is 0.230 e. The molecule has 3 aromatic heterocycles. The molecule has 7 heteroatoms. The summed E-state index contributed by atoms with van der Waals surface area (Å²) < 4.78 is 1.81. The number of carbonyl (C=O) groups excluding carboxylic acids is 1. The number of hydrogen-bond acceptors (Lipinski definition) is 4. The van der Waals surface area contributed by atoms with Crippen molar-refractivity contribution < 1.29 is 4.79 Å². The van der Waals surface area contributed by atoms with Gasteiger partial charge in [-0.3, -0.25) is 9.48 Å². The molecule has 1 aliphatic heterocycles. The second-order valence-electron chi connectivity index (χ2n) is 5.51. The van der Waals surface area contributed by atoms with Gasteiger partial charge in [0.15, 0.2) is 0 Å². The SMILES string of the molecule is Cn1ncc2c1CC(C(=O)Nc1ccc3cc[nH]c3n1)CN2. The number of H-pyrrole nitrogens is 1. The van der Waals surface area contributed by atoms with Gasteiger partial charge < -0.3 is 15.6 Å². The zero-order valence-electron chi connectivity index (χ0n) is 12.1. The molecule has 1 atom stereocenters. The molecule has 7 nitrogen and oxygen atoms in total. The van der Waals surface area contributed by atoms with Crippen LogP contribution in [0.5, 0.6) is 0 Å². The van der Waals surface area contributed by atoms with Gasteiger partial charge in [0.1, 0.15) is 11.5 Å². The first-order chi connectivity index (χ1) is 10.7. The lowest BCUT2D eigenvalue weighted by atomic mass is 9.98. The molecular formula is C15H16N6O. The first-order valence-electron chi connectivity index (χ1n) is 7.20. The Morgan fingerprint density at radius 3 is 3.23 bits per heavy atom. The van der Waals surface area contributed by atoms with E-state index in [-0.39, 0.29) is 11.8 Å². The van der Waals surface area contributed by atoms with Gasteiger partial charge in [-0.2, -0.15) is 5.10 Å². The molecule has 0 fully saturated rings. The lowest BCUT2D eigenvalue weighted by Gasteiger charge is -2.23. The maximum atomic E-state index is 12.5. The number of aromatic nitrogens is 4. The van der Waals surface area contributed by atoms with Gasteiger partial charge in [-0.25, -0.2) is 4.98 Å². The summed E-state index contributed by atoms with van der Waals surface area (Å²) in [5, 5.41) is 11.4. The molecule has 1 aliphatic rings. The van der Waals surface area contributed by atoms with Crippen molar-refractivity contribution in [2.75, 3.05) is 17.2 Å². The van der Waals surface area contributed by atoms with Crippen molar-refractivity contribution in [3.05, 3.63) is 36.3 Å². The van der Waals surface area contributed by atoms with Crippen LogP contribution < -0.4 is 10.6 Å². The monoisotopic (exact) mass is 296 g/mol. The molecule has 4 heterocycles. The fourth-order valence-corrected chi connectivity index (χ4v) is 2.81. The van der Waals surface area contributed by atoms with Crippen LogP contribution in [-0.2, 0) is 18.3 Å². The minimum absolute atomic E-state index is 0.0299. The van der Waals surface area contributed by atoms with E-state index < -0.39 is 0 Å². The molecule has 0 saturated heterocycles. The Morgan fingerprint density at radius 2 is 2.32 bits per heavy atom. The van der Waals surface area contributed by atoms with Gasteiger partial charge in [0.25, 0.3) is 0 Å². The van der Waals surface area contributed by atoms with Crippen LogP contribution in [-0.4, -0.2) is 32.2 Å². The largest absolute Gasteiger partial charge is 0.381 e. The van der Waals surface area contributed by atoms with E-state index in [4.69, 9.17) is 0 Å². The Morgan fingerprint density at radius 1 is 1.41 bits per heavy atom. The normalized spacial score (nSPS) is 17.0. The van der Waals surface area contributed by atoms with Gasteiger partial charge in [0.05, 0.1) is 23.5 Å². The summed E-state index contributed by atoms with van der Waals surface area (Å²) in [6.45, 7) is 0.606. The number of rotatable bonds is 2. The molecule has 1 amide bonds. The van der Waals surface area contributed by atoms with Gasteiger partial charge in [-0.05, 0) is 18.2 Å². The summed E-state index contributed by atoms with van der Waals surface area (Å²) in [6, 6.07) is 5.70. The molecule has 3 aromatic rings. The van der Waals surface area contributed by atoms with Crippen LogP contribution in [0.25, 0.3) is 11.0 Å². The molecule has 0 spiro atoms. The zero-order valence-corrected chi connectivity index (χ0v) is 12.1. The number of nitrogens with one attached hydrogen (secondary N) is 3. The molecule has 0 saturated carbocycles. The minimum atomic E-state index is -0.135. The van der Waals surface area contributed by atoms with Gasteiger partial charge >= 0.3 is 0 Å². The Labute approximate surface area is 126 Å². The topological polar surface area (TPSA) is 87.6 Å². The molecular weight excluding hydrogens is 280 g/mol. The Kier molecular flexibility index (Phi) is 2.85. The lowest BCUT2D eigenvalue weighted by molar-refractivity contribution is -0.119. The number of aromatic amines is 1. The molecule has 4 rings (SSSR count). The Hall–Kier alpha value is -2.83. The molecule has 3 N–H and O–H groups in total. The van der Waals surface area contributed by atoms with Gasteiger partial charge in [-0.15, -0.1) is 0 Å². The van der Waals surface area contributed by atoms with Gasteiger partial charge in [-0.1, -0.05) is 0 Å². The van der Waals surface area contributed by atoms with E-state index in [9.17, 15) is 4.79 Å². The molecule has 0 aromatic carbocycles. The van der Waals surface area contributed by atoms with Crippen LogP contribution in [0.15, 0.2) is 30.6 Å². The Balaban J connectivity index is 1.51. The number of carbonyl (C=O) groups is 1. The summed E-state index contributed by atoms with van der Waals surface area (Å²) in [4.78, 5) is 19.9. The van der Waals surface area contributed by atoms with Crippen molar-refractivity contribution >= 4 is 28.4 Å². The van der Waals surface area contributed by atoms with E-state index in [2.05, 4.69) is 25.7 Å². The number of amides is 1. The van der Waals surface area contributed by atoms with Crippen molar-refractivity contribution in [1.82, 2.24) is 19.7 Å². The third-order valence-electron chi connectivity index (χ3n) is 4.07. The van der Waals surface area contributed by atoms with Gasteiger partial charge in [0.2, 0.25) is 5.91 Å². The number of fused-ring (bicyclic) bond motifs is 2. The minimum Gasteiger partial charge on any atom is -0.381 e. The molecule has 1 unspecified atom stereocenters. The number of anilines is 2. The van der Waals surface area contributed by atoms with Crippen LogP contribution >= 0.6 is 0 Å². The van der Waals surface area contributed by atoms with E-state index in [0.717, 1.165) is 22.4 Å². The quantitative estimate of drug-likeness (QED) is 0.669.